The molecule has 0 aromatic carbocycles. The molecule has 5 heteroatoms. The average molecular weight is 268 g/mol. The molecule has 96 valence electrons. The summed E-state index contributed by atoms with van der Waals surface area (Å²) in [4.78, 5) is 4.36. The molecule has 3 heterocycles. The summed E-state index contributed by atoms with van der Waals surface area (Å²) in [7, 11) is 0. The Morgan fingerprint density at radius 2 is 2.00 bits per heavy atom. The van der Waals surface area contributed by atoms with Gasteiger partial charge in [0.2, 0.25) is 0 Å². The van der Waals surface area contributed by atoms with Crippen LogP contribution in [0.1, 0.15) is 24.0 Å². The zero-order valence-electron chi connectivity index (χ0n) is 9.89. The third-order valence-electron chi connectivity index (χ3n) is 3.00. The van der Waals surface area contributed by atoms with Crippen molar-refractivity contribution >= 4 is 17.2 Å². The molecule has 1 aromatic rings. The normalized spacial score (nSPS) is 21.1. The standard InChI is InChI=1S/C13H14ClNO3/c14-12-8-10(13-17-5-6-18-13)7-11(15-12)9-1-3-16-4-2-9/h1,7-8,13H,2-6H2. The van der Waals surface area contributed by atoms with E-state index in [0.29, 0.717) is 25.0 Å². The molecule has 0 amide bonds. The first kappa shape index (κ1) is 12.1. The summed E-state index contributed by atoms with van der Waals surface area (Å²) in [5, 5.41) is 0.467. The smallest absolute Gasteiger partial charge is 0.184 e. The second-order valence-corrected chi connectivity index (χ2v) is 4.62. The lowest BCUT2D eigenvalue weighted by Gasteiger charge is -2.15. The molecule has 2 aliphatic rings. The van der Waals surface area contributed by atoms with Crippen LogP contribution in [-0.4, -0.2) is 31.4 Å². The number of ether oxygens (including phenoxy) is 3. The molecule has 3 rings (SSSR count). The first-order valence-corrected chi connectivity index (χ1v) is 6.38. The van der Waals surface area contributed by atoms with Crippen LogP contribution in [0.4, 0.5) is 0 Å². The Morgan fingerprint density at radius 3 is 2.72 bits per heavy atom. The highest BCUT2D eigenvalue weighted by molar-refractivity contribution is 6.29. The van der Waals surface area contributed by atoms with E-state index in [-0.39, 0.29) is 6.29 Å². The predicted octanol–water partition coefficient (Wildman–Crippen LogP) is 2.58. The van der Waals surface area contributed by atoms with Gasteiger partial charge in [0.1, 0.15) is 5.15 Å². The lowest BCUT2D eigenvalue weighted by atomic mass is 10.1. The zero-order chi connectivity index (χ0) is 12.4. The van der Waals surface area contributed by atoms with Crippen molar-refractivity contribution in [1.29, 1.82) is 0 Å². The molecule has 0 spiro atoms. The minimum Gasteiger partial charge on any atom is -0.377 e. The van der Waals surface area contributed by atoms with Gasteiger partial charge in [0.15, 0.2) is 6.29 Å². The van der Waals surface area contributed by atoms with Gasteiger partial charge < -0.3 is 14.2 Å². The van der Waals surface area contributed by atoms with Gasteiger partial charge in [-0.2, -0.15) is 0 Å². The predicted molar refractivity (Wildman–Crippen MR) is 67.3 cm³/mol. The van der Waals surface area contributed by atoms with Gasteiger partial charge in [-0.1, -0.05) is 17.7 Å². The molecule has 18 heavy (non-hydrogen) atoms. The third-order valence-corrected chi connectivity index (χ3v) is 3.20. The van der Waals surface area contributed by atoms with Crippen molar-refractivity contribution in [3.8, 4) is 0 Å². The van der Waals surface area contributed by atoms with Crippen LogP contribution in [0.25, 0.3) is 5.57 Å². The molecule has 4 nitrogen and oxygen atoms in total. The van der Waals surface area contributed by atoms with Gasteiger partial charge >= 0.3 is 0 Å². The molecule has 0 unspecified atom stereocenters. The van der Waals surface area contributed by atoms with Crippen LogP contribution in [-0.2, 0) is 14.2 Å². The van der Waals surface area contributed by atoms with Crippen LogP contribution in [0.15, 0.2) is 18.2 Å². The molecular weight excluding hydrogens is 254 g/mol. The second kappa shape index (κ2) is 5.36. The SMILES string of the molecule is Clc1cc(C2OCCO2)cc(C2=CCOCC2)n1. The number of halogens is 1. The molecule has 0 atom stereocenters. The van der Waals surface area contributed by atoms with Crippen LogP contribution < -0.4 is 0 Å². The van der Waals surface area contributed by atoms with Gasteiger partial charge in [0.25, 0.3) is 0 Å². The van der Waals surface area contributed by atoms with Crippen molar-refractivity contribution in [2.45, 2.75) is 12.7 Å². The maximum Gasteiger partial charge on any atom is 0.184 e. The number of nitrogens with zero attached hydrogens (tertiary/aromatic N) is 1. The van der Waals surface area contributed by atoms with E-state index in [1.165, 1.54) is 5.57 Å². The first-order valence-electron chi connectivity index (χ1n) is 6.01. The third kappa shape index (κ3) is 2.57. The maximum atomic E-state index is 6.07. The summed E-state index contributed by atoms with van der Waals surface area (Å²) in [6.07, 6.45) is 2.59. The van der Waals surface area contributed by atoms with Crippen LogP contribution in [0.3, 0.4) is 0 Å². The highest BCUT2D eigenvalue weighted by Crippen LogP contribution is 2.29. The Bertz CT molecular complexity index is 469. The quantitative estimate of drug-likeness (QED) is 0.773. The minimum atomic E-state index is -0.315. The fourth-order valence-corrected chi connectivity index (χ4v) is 2.34. The van der Waals surface area contributed by atoms with Gasteiger partial charge in [-0.3, -0.25) is 0 Å². The summed E-state index contributed by atoms with van der Waals surface area (Å²) in [5.41, 5.74) is 2.98. The van der Waals surface area contributed by atoms with E-state index < -0.39 is 0 Å². The van der Waals surface area contributed by atoms with Crippen LogP contribution in [0.5, 0.6) is 0 Å². The van der Waals surface area contributed by atoms with E-state index in [9.17, 15) is 0 Å². The summed E-state index contributed by atoms with van der Waals surface area (Å²) < 4.78 is 16.3. The van der Waals surface area contributed by atoms with Crippen molar-refractivity contribution in [3.63, 3.8) is 0 Å². The second-order valence-electron chi connectivity index (χ2n) is 4.24. The van der Waals surface area contributed by atoms with Gasteiger partial charge in [-0.15, -0.1) is 0 Å². The average Bonchev–Trinajstić information content (AvgIpc) is 2.93. The molecule has 0 aliphatic carbocycles. The fraction of sp³-hybridized carbons (Fsp3) is 0.462. The monoisotopic (exact) mass is 267 g/mol. The summed E-state index contributed by atoms with van der Waals surface area (Å²) >= 11 is 6.07. The number of pyridine rings is 1. The zero-order valence-corrected chi connectivity index (χ0v) is 10.7. The molecular formula is C13H14ClNO3. The Labute approximate surface area is 111 Å². The Kier molecular flexibility index (Phi) is 3.61. The van der Waals surface area contributed by atoms with Crippen LogP contribution in [0, 0.1) is 0 Å². The summed E-state index contributed by atoms with van der Waals surface area (Å²) in [6.45, 7) is 2.61. The van der Waals surface area contributed by atoms with Crippen LogP contribution >= 0.6 is 11.6 Å². The molecule has 1 fully saturated rings. The Balaban J connectivity index is 1.92. The molecule has 1 saturated heterocycles. The number of hydrogen-bond acceptors (Lipinski definition) is 4. The topological polar surface area (TPSA) is 40.6 Å². The molecule has 0 bridgehead atoms. The molecule has 1 aromatic heterocycles. The Hall–Kier alpha value is -0.940. The van der Waals surface area contributed by atoms with Gasteiger partial charge in [-0.05, 0) is 24.1 Å². The van der Waals surface area contributed by atoms with E-state index >= 15 is 0 Å². The van der Waals surface area contributed by atoms with Gasteiger partial charge in [0.05, 0.1) is 32.1 Å². The van der Waals surface area contributed by atoms with E-state index in [4.69, 9.17) is 25.8 Å². The lowest BCUT2D eigenvalue weighted by molar-refractivity contribution is -0.0441. The number of aromatic nitrogens is 1. The van der Waals surface area contributed by atoms with Crippen LogP contribution in [0.2, 0.25) is 5.15 Å². The summed E-state index contributed by atoms with van der Waals surface area (Å²) in [5.74, 6) is 0. The highest BCUT2D eigenvalue weighted by Gasteiger charge is 2.20. The maximum absolute atomic E-state index is 6.07. The van der Waals surface area contributed by atoms with Crippen molar-refractivity contribution < 1.29 is 14.2 Å². The number of hydrogen-bond donors (Lipinski definition) is 0. The number of rotatable bonds is 2. The molecule has 0 saturated carbocycles. The van der Waals surface area contributed by atoms with E-state index in [0.717, 1.165) is 24.3 Å². The van der Waals surface area contributed by atoms with E-state index in [2.05, 4.69) is 4.98 Å². The van der Waals surface area contributed by atoms with Crippen molar-refractivity contribution in [3.05, 3.63) is 34.6 Å². The summed E-state index contributed by atoms with van der Waals surface area (Å²) in [6, 6.07) is 3.78. The molecule has 2 aliphatic heterocycles. The van der Waals surface area contributed by atoms with Crippen molar-refractivity contribution in [1.82, 2.24) is 4.98 Å². The Morgan fingerprint density at radius 1 is 1.17 bits per heavy atom. The lowest BCUT2D eigenvalue weighted by Crippen LogP contribution is -2.06. The van der Waals surface area contributed by atoms with Gasteiger partial charge in [-0.25, -0.2) is 4.98 Å². The fourth-order valence-electron chi connectivity index (χ4n) is 2.13. The molecule has 0 radical (unpaired) electrons. The van der Waals surface area contributed by atoms with Gasteiger partial charge in [0, 0.05) is 5.56 Å². The van der Waals surface area contributed by atoms with Crippen molar-refractivity contribution in [2.24, 2.45) is 0 Å². The first-order chi connectivity index (χ1) is 8.83. The van der Waals surface area contributed by atoms with Crippen molar-refractivity contribution in [2.75, 3.05) is 26.4 Å². The van der Waals surface area contributed by atoms with E-state index in [1.54, 1.807) is 6.07 Å². The molecule has 0 N–H and O–H groups in total. The highest BCUT2D eigenvalue weighted by atomic mass is 35.5. The minimum absolute atomic E-state index is 0.315. The largest absolute Gasteiger partial charge is 0.377 e. The van der Waals surface area contributed by atoms with E-state index in [1.807, 2.05) is 12.1 Å².